The highest BCUT2D eigenvalue weighted by Crippen LogP contribution is 2.20. The Hall–Kier alpha value is -2.83. The van der Waals surface area contributed by atoms with Gasteiger partial charge in [-0.05, 0) is 49.2 Å². The van der Waals surface area contributed by atoms with Gasteiger partial charge in [0.05, 0.1) is 18.7 Å². The highest BCUT2D eigenvalue weighted by molar-refractivity contribution is 5.92. The van der Waals surface area contributed by atoms with Crippen molar-refractivity contribution in [3.05, 3.63) is 54.2 Å². The van der Waals surface area contributed by atoms with E-state index in [1.807, 2.05) is 0 Å². The summed E-state index contributed by atoms with van der Waals surface area (Å²) < 4.78 is 23.6. The van der Waals surface area contributed by atoms with Crippen LogP contribution in [0, 0.1) is 11.7 Å². The molecule has 0 radical (unpaired) electrons. The van der Waals surface area contributed by atoms with E-state index in [4.69, 9.17) is 9.15 Å². The highest BCUT2D eigenvalue weighted by atomic mass is 19.1. The van der Waals surface area contributed by atoms with Crippen molar-refractivity contribution in [1.29, 1.82) is 0 Å². The van der Waals surface area contributed by atoms with E-state index in [1.165, 1.54) is 18.4 Å². The lowest BCUT2D eigenvalue weighted by Crippen LogP contribution is -2.46. The third-order valence-corrected chi connectivity index (χ3v) is 4.68. The topological polar surface area (TPSA) is 63.0 Å². The quantitative estimate of drug-likeness (QED) is 0.780. The van der Waals surface area contributed by atoms with Crippen LogP contribution in [0.3, 0.4) is 0 Å². The smallest absolute Gasteiger partial charge is 0.289 e. The van der Waals surface area contributed by atoms with Crippen molar-refractivity contribution in [2.75, 3.05) is 33.3 Å². The van der Waals surface area contributed by atoms with Crippen LogP contribution in [0.1, 0.15) is 23.4 Å². The number of nitrogens with zero attached hydrogens (tertiary/aromatic N) is 2. The standard InChI is InChI=1S/C20H23FN2O4/c1-22(11-13-26-17-8-6-16(21)7-9-17)19(24)15-4-2-10-23(14-15)20(25)18-5-3-12-27-18/h3,5-9,12,15H,2,4,10-11,13-14H2,1H3. The van der Waals surface area contributed by atoms with E-state index in [0.29, 0.717) is 37.8 Å². The maximum atomic E-state index is 12.9. The average Bonchev–Trinajstić information content (AvgIpc) is 3.23. The van der Waals surface area contributed by atoms with Crippen molar-refractivity contribution >= 4 is 11.8 Å². The molecule has 1 aliphatic rings. The number of hydrogen-bond acceptors (Lipinski definition) is 4. The number of furan rings is 1. The van der Waals surface area contributed by atoms with Gasteiger partial charge >= 0.3 is 0 Å². The summed E-state index contributed by atoms with van der Waals surface area (Å²) in [5.41, 5.74) is 0. The molecule has 2 amide bonds. The first-order chi connectivity index (χ1) is 13.0. The van der Waals surface area contributed by atoms with Crippen molar-refractivity contribution in [3.8, 4) is 5.75 Å². The van der Waals surface area contributed by atoms with Crippen LogP contribution in [0.25, 0.3) is 0 Å². The van der Waals surface area contributed by atoms with Gasteiger partial charge in [-0.1, -0.05) is 0 Å². The summed E-state index contributed by atoms with van der Waals surface area (Å²) >= 11 is 0. The van der Waals surface area contributed by atoms with Crippen LogP contribution in [-0.2, 0) is 4.79 Å². The highest BCUT2D eigenvalue weighted by Gasteiger charge is 2.31. The van der Waals surface area contributed by atoms with Gasteiger partial charge in [-0.3, -0.25) is 9.59 Å². The molecule has 1 atom stereocenters. The first-order valence-electron chi connectivity index (χ1n) is 9.00. The molecule has 0 spiro atoms. The molecular formula is C20H23FN2O4. The molecule has 27 heavy (non-hydrogen) atoms. The van der Waals surface area contributed by atoms with Gasteiger partial charge in [0.25, 0.3) is 5.91 Å². The lowest BCUT2D eigenvalue weighted by molar-refractivity contribution is -0.135. The zero-order valence-electron chi connectivity index (χ0n) is 15.3. The number of carbonyl (C=O) groups is 2. The Labute approximate surface area is 157 Å². The maximum Gasteiger partial charge on any atom is 0.289 e. The van der Waals surface area contributed by atoms with Crippen LogP contribution in [0.4, 0.5) is 4.39 Å². The number of likely N-dealkylation sites (N-methyl/N-ethyl adjacent to an activating group) is 1. The summed E-state index contributed by atoms with van der Waals surface area (Å²) in [6.45, 7) is 1.75. The Morgan fingerprint density at radius 2 is 2.07 bits per heavy atom. The predicted molar refractivity (Wildman–Crippen MR) is 96.9 cm³/mol. The van der Waals surface area contributed by atoms with Crippen molar-refractivity contribution in [2.24, 2.45) is 5.92 Å². The van der Waals surface area contributed by atoms with Gasteiger partial charge in [0.15, 0.2) is 5.76 Å². The van der Waals surface area contributed by atoms with Crippen LogP contribution >= 0.6 is 0 Å². The van der Waals surface area contributed by atoms with E-state index in [-0.39, 0.29) is 23.5 Å². The van der Waals surface area contributed by atoms with Gasteiger partial charge in [-0.25, -0.2) is 4.39 Å². The molecule has 1 aromatic heterocycles. The summed E-state index contributed by atoms with van der Waals surface area (Å²) in [6.07, 6.45) is 3.00. The zero-order valence-corrected chi connectivity index (χ0v) is 15.3. The Balaban J connectivity index is 1.48. The Kier molecular flexibility index (Phi) is 6.11. The number of ether oxygens (including phenoxy) is 1. The fourth-order valence-corrected chi connectivity index (χ4v) is 3.17. The molecular weight excluding hydrogens is 351 g/mol. The van der Waals surface area contributed by atoms with Crippen molar-refractivity contribution in [2.45, 2.75) is 12.8 Å². The van der Waals surface area contributed by atoms with Gasteiger partial charge in [0.1, 0.15) is 18.2 Å². The van der Waals surface area contributed by atoms with E-state index in [9.17, 15) is 14.0 Å². The molecule has 144 valence electrons. The normalized spacial score (nSPS) is 16.8. The number of benzene rings is 1. The predicted octanol–water partition coefficient (Wildman–Crippen LogP) is 2.81. The summed E-state index contributed by atoms with van der Waals surface area (Å²) in [7, 11) is 1.73. The number of likely N-dealkylation sites (tertiary alicyclic amines) is 1. The molecule has 0 saturated carbocycles. The minimum Gasteiger partial charge on any atom is -0.492 e. The van der Waals surface area contributed by atoms with Crippen molar-refractivity contribution < 1.29 is 23.1 Å². The van der Waals surface area contributed by atoms with E-state index >= 15 is 0 Å². The van der Waals surface area contributed by atoms with Crippen LogP contribution in [0.15, 0.2) is 47.1 Å². The number of halogens is 1. The van der Waals surface area contributed by atoms with Crippen molar-refractivity contribution in [1.82, 2.24) is 9.80 Å². The van der Waals surface area contributed by atoms with E-state index in [2.05, 4.69) is 0 Å². The second kappa shape index (κ2) is 8.70. The third-order valence-electron chi connectivity index (χ3n) is 4.68. The minimum atomic E-state index is -0.319. The monoisotopic (exact) mass is 374 g/mol. The van der Waals surface area contributed by atoms with Crippen molar-refractivity contribution in [3.63, 3.8) is 0 Å². The number of rotatable bonds is 6. The zero-order chi connectivity index (χ0) is 19.2. The fourth-order valence-electron chi connectivity index (χ4n) is 3.17. The molecule has 1 aromatic carbocycles. The first kappa shape index (κ1) is 18.9. The lowest BCUT2D eigenvalue weighted by atomic mass is 9.96. The number of hydrogen-bond donors (Lipinski definition) is 0. The lowest BCUT2D eigenvalue weighted by Gasteiger charge is -2.33. The van der Waals surface area contributed by atoms with Gasteiger partial charge < -0.3 is 19.0 Å². The fraction of sp³-hybridized carbons (Fsp3) is 0.400. The molecule has 2 heterocycles. The van der Waals surface area contributed by atoms with Crippen LogP contribution in [0.5, 0.6) is 5.75 Å². The molecule has 1 unspecified atom stereocenters. The molecule has 0 bridgehead atoms. The Bertz CT molecular complexity index is 761. The molecule has 2 aromatic rings. The van der Waals surface area contributed by atoms with E-state index < -0.39 is 0 Å². The number of carbonyl (C=O) groups excluding carboxylic acids is 2. The third kappa shape index (κ3) is 4.87. The maximum absolute atomic E-state index is 12.9. The summed E-state index contributed by atoms with van der Waals surface area (Å²) in [4.78, 5) is 28.4. The van der Waals surface area contributed by atoms with Crippen LogP contribution in [0.2, 0.25) is 0 Å². The van der Waals surface area contributed by atoms with E-state index in [1.54, 1.807) is 41.1 Å². The molecule has 0 N–H and O–H groups in total. The SMILES string of the molecule is CN(CCOc1ccc(F)cc1)C(=O)C1CCCN(C(=O)c2ccco2)C1. The largest absolute Gasteiger partial charge is 0.492 e. The number of amides is 2. The van der Waals surface area contributed by atoms with E-state index in [0.717, 1.165) is 12.8 Å². The molecule has 1 aliphatic heterocycles. The molecule has 0 aliphatic carbocycles. The van der Waals surface area contributed by atoms with Gasteiger partial charge in [0.2, 0.25) is 5.91 Å². The molecule has 1 saturated heterocycles. The molecule has 3 rings (SSSR count). The average molecular weight is 374 g/mol. The number of piperidine rings is 1. The summed E-state index contributed by atoms with van der Waals surface area (Å²) in [5.74, 6) is 0.123. The Morgan fingerprint density at radius 1 is 1.30 bits per heavy atom. The van der Waals surface area contributed by atoms with Gasteiger partial charge in [0, 0.05) is 20.1 Å². The van der Waals surface area contributed by atoms with Crippen LogP contribution < -0.4 is 4.74 Å². The second-order valence-corrected chi connectivity index (χ2v) is 6.63. The summed E-state index contributed by atoms with van der Waals surface area (Å²) in [6, 6.07) is 9.07. The Morgan fingerprint density at radius 3 is 2.78 bits per heavy atom. The minimum absolute atomic E-state index is 0.00495. The molecule has 6 nitrogen and oxygen atoms in total. The van der Waals surface area contributed by atoms with Crippen LogP contribution in [-0.4, -0.2) is 54.9 Å². The molecule has 1 fully saturated rings. The van der Waals surface area contributed by atoms with Gasteiger partial charge in [-0.2, -0.15) is 0 Å². The second-order valence-electron chi connectivity index (χ2n) is 6.63. The van der Waals surface area contributed by atoms with Gasteiger partial charge in [-0.15, -0.1) is 0 Å². The first-order valence-corrected chi connectivity index (χ1v) is 9.00. The molecule has 7 heteroatoms. The summed E-state index contributed by atoms with van der Waals surface area (Å²) in [5, 5.41) is 0.